The summed E-state index contributed by atoms with van der Waals surface area (Å²) in [6, 6.07) is 0. The van der Waals surface area contributed by atoms with E-state index in [2.05, 4.69) is 15.3 Å². The molecule has 0 bridgehead atoms. The van der Waals surface area contributed by atoms with Gasteiger partial charge < -0.3 is 11.1 Å². The first-order chi connectivity index (χ1) is 6.68. The molecule has 1 aromatic rings. The van der Waals surface area contributed by atoms with E-state index >= 15 is 0 Å². The first-order valence-corrected chi connectivity index (χ1v) is 5.06. The molecule has 0 spiro atoms. The van der Waals surface area contributed by atoms with Gasteiger partial charge in [0.1, 0.15) is 16.8 Å². The Morgan fingerprint density at radius 2 is 2.29 bits per heavy atom. The number of anilines is 1. The van der Waals surface area contributed by atoms with Gasteiger partial charge >= 0.3 is 0 Å². The molecule has 1 saturated heterocycles. The molecule has 2 rings (SSSR count). The van der Waals surface area contributed by atoms with Gasteiger partial charge in [-0.15, -0.1) is 0 Å². The lowest BCUT2D eigenvalue weighted by molar-refractivity contribution is 0.753. The summed E-state index contributed by atoms with van der Waals surface area (Å²) >= 11 is 6.06. The van der Waals surface area contributed by atoms with E-state index in [4.69, 9.17) is 17.3 Å². The van der Waals surface area contributed by atoms with E-state index in [0.717, 1.165) is 25.1 Å². The normalized spacial score (nSPS) is 21.4. The zero-order valence-corrected chi connectivity index (χ0v) is 8.80. The van der Waals surface area contributed by atoms with Crippen LogP contribution in [0.1, 0.15) is 23.7 Å². The minimum atomic E-state index is 0.364. The molecule has 1 unspecified atom stereocenters. The minimum absolute atomic E-state index is 0.364. The average Bonchev–Trinajstić information content (AvgIpc) is 2.54. The van der Waals surface area contributed by atoms with Crippen LogP contribution in [-0.2, 0) is 0 Å². The van der Waals surface area contributed by atoms with Crippen LogP contribution >= 0.6 is 11.6 Å². The highest BCUT2D eigenvalue weighted by atomic mass is 35.5. The Balaban J connectivity index is 2.40. The third-order valence-corrected chi connectivity index (χ3v) is 2.80. The van der Waals surface area contributed by atoms with Crippen molar-refractivity contribution in [1.82, 2.24) is 15.3 Å². The van der Waals surface area contributed by atoms with Crippen molar-refractivity contribution in [3.05, 3.63) is 16.5 Å². The lowest BCUT2D eigenvalue weighted by Crippen LogP contribution is -2.11. The Morgan fingerprint density at radius 1 is 1.50 bits per heavy atom. The fraction of sp³-hybridized carbons (Fsp3) is 0.556. The maximum Gasteiger partial charge on any atom is 0.138 e. The lowest BCUT2D eigenvalue weighted by Gasteiger charge is -2.12. The first kappa shape index (κ1) is 9.68. The van der Waals surface area contributed by atoms with Crippen LogP contribution < -0.4 is 11.1 Å². The van der Waals surface area contributed by atoms with E-state index in [1.165, 1.54) is 0 Å². The fourth-order valence-electron chi connectivity index (χ4n) is 1.85. The highest BCUT2D eigenvalue weighted by Crippen LogP contribution is 2.31. The number of halogens is 1. The van der Waals surface area contributed by atoms with Crippen LogP contribution in [0.3, 0.4) is 0 Å². The number of nitrogen functional groups attached to an aromatic ring is 1. The second-order valence-electron chi connectivity index (χ2n) is 3.55. The molecule has 1 atom stereocenters. The van der Waals surface area contributed by atoms with Crippen molar-refractivity contribution in [3.63, 3.8) is 0 Å². The monoisotopic (exact) mass is 212 g/mol. The standard InChI is InChI=1S/C9H13ClN4/c1-5-13-8(10)7(9(11)14-5)6-2-3-12-4-6/h6,12H,2-4H2,1H3,(H2,11,13,14). The lowest BCUT2D eigenvalue weighted by atomic mass is 10.0. The minimum Gasteiger partial charge on any atom is -0.383 e. The number of hydrogen-bond donors (Lipinski definition) is 2. The Hall–Kier alpha value is -0.870. The van der Waals surface area contributed by atoms with E-state index < -0.39 is 0 Å². The summed E-state index contributed by atoms with van der Waals surface area (Å²) in [6.07, 6.45) is 1.05. The quantitative estimate of drug-likeness (QED) is 0.685. The number of hydrogen-bond acceptors (Lipinski definition) is 4. The fourth-order valence-corrected chi connectivity index (χ4v) is 2.22. The number of aryl methyl sites for hydroxylation is 1. The smallest absolute Gasteiger partial charge is 0.138 e. The van der Waals surface area contributed by atoms with Crippen molar-refractivity contribution in [2.75, 3.05) is 18.8 Å². The van der Waals surface area contributed by atoms with Crippen molar-refractivity contribution in [3.8, 4) is 0 Å². The second-order valence-corrected chi connectivity index (χ2v) is 3.91. The summed E-state index contributed by atoms with van der Waals surface area (Å²) in [7, 11) is 0. The predicted molar refractivity (Wildman–Crippen MR) is 56.4 cm³/mol. The molecule has 76 valence electrons. The molecule has 0 saturated carbocycles. The van der Waals surface area contributed by atoms with Crippen LogP contribution in [0.4, 0.5) is 5.82 Å². The average molecular weight is 213 g/mol. The van der Waals surface area contributed by atoms with E-state index in [-0.39, 0.29) is 0 Å². The van der Waals surface area contributed by atoms with Gasteiger partial charge in [-0.1, -0.05) is 11.6 Å². The van der Waals surface area contributed by atoms with Crippen LogP contribution in [0.5, 0.6) is 0 Å². The third kappa shape index (κ3) is 1.67. The van der Waals surface area contributed by atoms with Crippen LogP contribution in [0.2, 0.25) is 5.15 Å². The van der Waals surface area contributed by atoms with Crippen LogP contribution in [0.25, 0.3) is 0 Å². The largest absolute Gasteiger partial charge is 0.383 e. The zero-order valence-electron chi connectivity index (χ0n) is 8.05. The van der Waals surface area contributed by atoms with Gasteiger partial charge in [0.25, 0.3) is 0 Å². The first-order valence-electron chi connectivity index (χ1n) is 4.68. The van der Waals surface area contributed by atoms with Gasteiger partial charge in [0, 0.05) is 18.0 Å². The van der Waals surface area contributed by atoms with Gasteiger partial charge in [0.05, 0.1) is 0 Å². The van der Waals surface area contributed by atoms with Gasteiger partial charge in [0.15, 0.2) is 0 Å². The number of aromatic nitrogens is 2. The number of nitrogens with two attached hydrogens (primary N) is 1. The topological polar surface area (TPSA) is 63.8 Å². The van der Waals surface area contributed by atoms with Crippen LogP contribution in [0, 0.1) is 6.92 Å². The Labute approximate surface area is 87.9 Å². The van der Waals surface area contributed by atoms with E-state index in [1.807, 2.05) is 0 Å². The van der Waals surface area contributed by atoms with Gasteiger partial charge in [-0.2, -0.15) is 0 Å². The summed E-state index contributed by atoms with van der Waals surface area (Å²) in [5.41, 5.74) is 6.74. The zero-order chi connectivity index (χ0) is 10.1. The van der Waals surface area contributed by atoms with Crippen LogP contribution in [0.15, 0.2) is 0 Å². The number of nitrogens with one attached hydrogen (secondary N) is 1. The molecule has 1 aromatic heterocycles. The number of rotatable bonds is 1. The molecule has 5 heteroatoms. The van der Waals surface area contributed by atoms with E-state index in [9.17, 15) is 0 Å². The van der Waals surface area contributed by atoms with Crippen molar-refractivity contribution < 1.29 is 0 Å². The molecule has 1 aliphatic rings. The highest BCUT2D eigenvalue weighted by molar-refractivity contribution is 6.30. The third-order valence-electron chi connectivity index (χ3n) is 2.51. The highest BCUT2D eigenvalue weighted by Gasteiger charge is 2.23. The molecule has 0 aromatic carbocycles. The molecular weight excluding hydrogens is 200 g/mol. The Kier molecular flexibility index (Phi) is 2.56. The summed E-state index contributed by atoms with van der Waals surface area (Å²) in [5, 5.41) is 3.77. The molecule has 14 heavy (non-hydrogen) atoms. The van der Waals surface area contributed by atoms with Crippen molar-refractivity contribution >= 4 is 17.4 Å². The predicted octanol–water partition coefficient (Wildman–Crippen LogP) is 1.10. The van der Waals surface area contributed by atoms with Gasteiger partial charge in [0.2, 0.25) is 0 Å². The molecule has 3 N–H and O–H groups in total. The molecule has 0 aliphatic carbocycles. The molecule has 0 amide bonds. The Bertz CT molecular complexity index is 324. The van der Waals surface area contributed by atoms with Gasteiger partial charge in [-0.05, 0) is 19.9 Å². The van der Waals surface area contributed by atoms with Crippen molar-refractivity contribution in [1.29, 1.82) is 0 Å². The molecular formula is C9H13ClN4. The molecule has 0 radical (unpaired) electrons. The van der Waals surface area contributed by atoms with Crippen LogP contribution in [-0.4, -0.2) is 23.1 Å². The van der Waals surface area contributed by atoms with E-state index in [0.29, 0.717) is 22.7 Å². The summed E-state index contributed by atoms with van der Waals surface area (Å²) < 4.78 is 0. The number of nitrogens with zero attached hydrogens (tertiary/aromatic N) is 2. The molecule has 2 heterocycles. The second kappa shape index (κ2) is 3.71. The SMILES string of the molecule is Cc1nc(N)c(C2CCNC2)c(Cl)n1. The maximum atomic E-state index is 6.06. The van der Waals surface area contributed by atoms with Crippen molar-refractivity contribution in [2.24, 2.45) is 0 Å². The summed E-state index contributed by atoms with van der Waals surface area (Å²) in [6.45, 7) is 3.71. The van der Waals surface area contributed by atoms with Crippen molar-refractivity contribution in [2.45, 2.75) is 19.3 Å². The summed E-state index contributed by atoms with van der Waals surface area (Å²) in [5.74, 6) is 1.52. The summed E-state index contributed by atoms with van der Waals surface area (Å²) in [4.78, 5) is 8.26. The molecule has 1 fully saturated rings. The van der Waals surface area contributed by atoms with E-state index in [1.54, 1.807) is 6.92 Å². The molecule has 4 nitrogen and oxygen atoms in total. The Morgan fingerprint density at radius 3 is 2.86 bits per heavy atom. The molecule has 1 aliphatic heterocycles. The van der Waals surface area contributed by atoms with Gasteiger partial charge in [-0.3, -0.25) is 0 Å². The van der Waals surface area contributed by atoms with Gasteiger partial charge in [-0.25, -0.2) is 9.97 Å². The maximum absolute atomic E-state index is 6.06.